The normalized spacial score (nSPS) is 23.6. The van der Waals surface area contributed by atoms with Crippen LogP contribution in [0.3, 0.4) is 0 Å². The summed E-state index contributed by atoms with van der Waals surface area (Å²) in [6.07, 6.45) is 1.69. The second-order valence-corrected chi connectivity index (χ2v) is 8.97. The van der Waals surface area contributed by atoms with Crippen molar-refractivity contribution in [1.29, 1.82) is 0 Å². The van der Waals surface area contributed by atoms with E-state index in [0.717, 1.165) is 25.7 Å². The first-order chi connectivity index (χ1) is 15.4. The van der Waals surface area contributed by atoms with Crippen LogP contribution in [0.2, 0.25) is 0 Å². The summed E-state index contributed by atoms with van der Waals surface area (Å²) < 4.78 is 26.4. The molecule has 2 fully saturated rings. The molecular formula is C25H30F2N2O3. The molecule has 172 valence electrons. The third kappa shape index (κ3) is 5.10. The molecule has 0 bridgehead atoms. The fourth-order valence-electron chi connectivity index (χ4n) is 4.95. The Morgan fingerprint density at radius 1 is 0.750 bits per heavy atom. The van der Waals surface area contributed by atoms with Gasteiger partial charge in [0.15, 0.2) is 0 Å². The Balaban J connectivity index is 1.38. The van der Waals surface area contributed by atoms with Crippen LogP contribution in [0, 0.1) is 23.5 Å². The van der Waals surface area contributed by atoms with Crippen LogP contribution in [0.15, 0.2) is 48.5 Å². The Hall–Kier alpha value is -2.51. The summed E-state index contributed by atoms with van der Waals surface area (Å²) in [6, 6.07) is 11.6. The van der Waals surface area contributed by atoms with Gasteiger partial charge in [-0.3, -0.25) is 0 Å². The van der Waals surface area contributed by atoms with Crippen LogP contribution in [0.5, 0.6) is 0 Å². The number of likely N-dealkylation sites (tertiary alicyclic amines) is 2. The van der Waals surface area contributed by atoms with E-state index in [9.17, 15) is 23.8 Å². The molecule has 2 amide bonds. The molecular weight excluding hydrogens is 414 g/mol. The highest BCUT2D eigenvalue weighted by molar-refractivity contribution is 5.74. The molecule has 0 aliphatic carbocycles. The van der Waals surface area contributed by atoms with Gasteiger partial charge >= 0.3 is 6.03 Å². The molecule has 2 aliphatic rings. The third-order valence-corrected chi connectivity index (χ3v) is 6.77. The Labute approximate surface area is 187 Å². The van der Waals surface area contributed by atoms with Gasteiger partial charge in [0.1, 0.15) is 11.6 Å². The fourth-order valence-corrected chi connectivity index (χ4v) is 4.95. The van der Waals surface area contributed by atoms with Crippen molar-refractivity contribution < 1.29 is 23.8 Å². The minimum absolute atomic E-state index is 0.0722. The zero-order valence-electron chi connectivity index (χ0n) is 18.0. The maximum absolute atomic E-state index is 13.2. The number of rotatable bonds is 4. The molecule has 4 unspecified atom stereocenters. The van der Waals surface area contributed by atoms with Gasteiger partial charge in [-0.1, -0.05) is 24.3 Å². The minimum Gasteiger partial charge on any atom is -0.388 e. The maximum atomic E-state index is 13.2. The number of carbonyl (C=O) groups is 1. The number of benzene rings is 2. The topological polar surface area (TPSA) is 64.0 Å². The highest BCUT2D eigenvalue weighted by Crippen LogP contribution is 2.33. The highest BCUT2D eigenvalue weighted by atomic mass is 19.1. The van der Waals surface area contributed by atoms with Crippen molar-refractivity contribution in [2.45, 2.75) is 37.9 Å². The summed E-state index contributed by atoms with van der Waals surface area (Å²) in [5.74, 6) is -0.903. The molecule has 5 nitrogen and oxygen atoms in total. The summed E-state index contributed by atoms with van der Waals surface area (Å²) in [5.41, 5.74) is 1.32. The maximum Gasteiger partial charge on any atom is 0.320 e. The van der Waals surface area contributed by atoms with E-state index in [0.29, 0.717) is 37.3 Å². The minimum atomic E-state index is -0.749. The molecule has 4 rings (SSSR count). The standard InChI is InChI=1S/C25H30F2N2O3/c26-21-9-5-17(6-10-21)23(30)19-3-1-13-28(15-19)25(32)29-14-2-4-20(16-29)24(31)18-7-11-22(27)12-8-18/h5-12,19-20,23-24,30-31H,1-4,13-16H2. The summed E-state index contributed by atoms with van der Waals surface area (Å²) in [5, 5.41) is 21.5. The Kier molecular flexibility index (Phi) is 7.06. The van der Waals surface area contributed by atoms with E-state index in [1.807, 2.05) is 0 Å². The van der Waals surface area contributed by atoms with Gasteiger partial charge in [0.25, 0.3) is 0 Å². The third-order valence-electron chi connectivity index (χ3n) is 6.77. The molecule has 2 aliphatic heterocycles. The van der Waals surface area contributed by atoms with Crippen molar-refractivity contribution in [2.24, 2.45) is 11.8 Å². The van der Waals surface area contributed by atoms with Gasteiger partial charge in [-0.25, -0.2) is 13.6 Å². The van der Waals surface area contributed by atoms with Crippen molar-refractivity contribution in [2.75, 3.05) is 26.2 Å². The lowest BCUT2D eigenvalue weighted by Crippen LogP contribution is -2.51. The lowest BCUT2D eigenvalue weighted by molar-refractivity contribution is 0.0349. The lowest BCUT2D eigenvalue weighted by atomic mass is 9.88. The zero-order valence-corrected chi connectivity index (χ0v) is 18.0. The predicted molar refractivity (Wildman–Crippen MR) is 117 cm³/mol. The smallest absolute Gasteiger partial charge is 0.320 e. The molecule has 0 saturated carbocycles. The first-order valence-electron chi connectivity index (χ1n) is 11.3. The van der Waals surface area contributed by atoms with Crippen LogP contribution in [0.25, 0.3) is 0 Å². The average Bonchev–Trinajstić information content (AvgIpc) is 2.84. The number of halogens is 2. The molecule has 2 aromatic carbocycles. The van der Waals surface area contributed by atoms with Crippen LogP contribution in [-0.4, -0.2) is 52.2 Å². The van der Waals surface area contributed by atoms with Gasteiger partial charge in [0, 0.05) is 38.0 Å². The number of hydrogen-bond acceptors (Lipinski definition) is 3. The molecule has 2 N–H and O–H groups in total. The van der Waals surface area contributed by atoms with Crippen molar-refractivity contribution in [3.05, 3.63) is 71.3 Å². The van der Waals surface area contributed by atoms with E-state index < -0.39 is 12.2 Å². The van der Waals surface area contributed by atoms with Gasteiger partial charge in [-0.15, -0.1) is 0 Å². The van der Waals surface area contributed by atoms with Gasteiger partial charge < -0.3 is 20.0 Å². The van der Waals surface area contributed by atoms with Crippen molar-refractivity contribution in [3.63, 3.8) is 0 Å². The SMILES string of the molecule is O=C(N1CCCC(C(O)c2ccc(F)cc2)C1)N1CCCC(C(O)c2ccc(F)cc2)C1. The fraction of sp³-hybridized carbons (Fsp3) is 0.480. The van der Waals surface area contributed by atoms with Crippen LogP contribution >= 0.6 is 0 Å². The van der Waals surface area contributed by atoms with Crippen molar-refractivity contribution >= 4 is 6.03 Å². The number of carbonyl (C=O) groups excluding carboxylic acids is 1. The average molecular weight is 445 g/mol. The molecule has 2 heterocycles. The summed E-state index contributed by atoms with van der Waals surface area (Å²) >= 11 is 0. The van der Waals surface area contributed by atoms with E-state index in [1.54, 1.807) is 34.1 Å². The van der Waals surface area contributed by atoms with E-state index in [4.69, 9.17) is 0 Å². The quantitative estimate of drug-likeness (QED) is 0.740. The van der Waals surface area contributed by atoms with E-state index >= 15 is 0 Å². The van der Waals surface area contributed by atoms with Gasteiger partial charge in [0.2, 0.25) is 0 Å². The van der Waals surface area contributed by atoms with E-state index in [-0.39, 0.29) is 29.5 Å². The van der Waals surface area contributed by atoms with E-state index in [1.165, 1.54) is 24.3 Å². The van der Waals surface area contributed by atoms with Crippen molar-refractivity contribution in [3.8, 4) is 0 Å². The predicted octanol–water partition coefficient (Wildman–Crippen LogP) is 4.28. The molecule has 4 atom stereocenters. The number of amides is 2. The first kappa shape index (κ1) is 22.7. The second-order valence-electron chi connectivity index (χ2n) is 8.97. The number of aliphatic hydroxyl groups excluding tert-OH is 2. The van der Waals surface area contributed by atoms with Crippen LogP contribution in [0.1, 0.15) is 49.0 Å². The van der Waals surface area contributed by atoms with Gasteiger partial charge in [-0.05, 0) is 61.1 Å². The van der Waals surface area contributed by atoms with Crippen LogP contribution < -0.4 is 0 Å². The molecule has 7 heteroatoms. The lowest BCUT2D eigenvalue weighted by Gasteiger charge is -2.41. The first-order valence-corrected chi connectivity index (χ1v) is 11.3. The number of piperidine rings is 2. The summed E-state index contributed by atoms with van der Waals surface area (Å²) in [6.45, 7) is 2.15. The number of urea groups is 1. The number of aliphatic hydroxyl groups is 2. The van der Waals surface area contributed by atoms with Gasteiger partial charge in [0.05, 0.1) is 12.2 Å². The second kappa shape index (κ2) is 9.96. The highest BCUT2D eigenvalue weighted by Gasteiger charge is 2.34. The summed E-state index contributed by atoms with van der Waals surface area (Å²) in [4.78, 5) is 16.8. The summed E-state index contributed by atoms with van der Waals surface area (Å²) in [7, 11) is 0. The zero-order chi connectivity index (χ0) is 22.7. The molecule has 2 saturated heterocycles. The Bertz CT molecular complexity index is 833. The van der Waals surface area contributed by atoms with Gasteiger partial charge in [-0.2, -0.15) is 0 Å². The monoisotopic (exact) mass is 444 g/mol. The van der Waals surface area contributed by atoms with Crippen molar-refractivity contribution in [1.82, 2.24) is 9.80 Å². The van der Waals surface area contributed by atoms with E-state index in [2.05, 4.69) is 0 Å². The number of hydrogen-bond donors (Lipinski definition) is 2. The Morgan fingerprint density at radius 2 is 1.12 bits per heavy atom. The molecule has 0 radical (unpaired) electrons. The van der Waals surface area contributed by atoms with Crippen LogP contribution in [-0.2, 0) is 0 Å². The molecule has 2 aromatic rings. The van der Waals surface area contributed by atoms with Crippen LogP contribution in [0.4, 0.5) is 13.6 Å². The largest absolute Gasteiger partial charge is 0.388 e. The molecule has 32 heavy (non-hydrogen) atoms. The molecule has 0 spiro atoms. The molecule has 0 aromatic heterocycles. The Morgan fingerprint density at radius 3 is 1.50 bits per heavy atom. The number of nitrogens with zero attached hydrogens (tertiary/aromatic N) is 2.